The van der Waals surface area contributed by atoms with Crippen molar-refractivity contribution in [3.05, 3.63) is 47.6 Å². The van der Waals surface area contributed by atoms with Crippen LogP contribution in [0.3, 0.4) is 0 Å². The average Bonchev–Trinajstić information content (AvgIpc) is 2.92. The number of aliphatic hydroxyl groups is 3. The number of hydrogen-bond acceptors (Lipinski definition) is 7. The molecule has 3 N–H and O–H groups in total. The van der Waals surface area contributed by atoms with Crippen molar-refractivity contribution in [2.45, 2.75) is 44.5 Å². The minimum absolute atomic E-state index is 0.163. The molecule has 4 atom stereocenters. The Bertz CT molecular complexity index is 688. The molecule has 7 nitrogen and oxygen atoms in total. The van der Waals surface area contributed by atoms with Crippen LogP contribution in [0.15, 0.2) is 47.6 Å². The summed E-state index contributed by atoms with van der Waals surface area (Å²) in [6, 6.07) is 0. The molecule has 1 fully saturated rings. The maximum absolute atomic E-state index is 12.3. The van der Waals surface area contributed by atoms with Crippen molar-refractivity contribution >= 4 is 11.9 Å². The molecule has 1 saturated heterocycles. The van der Waals surface area contributed by atoms with E-state index in [0.717, 1.165) is 11.1 Å². The number of fused-ring (bicyclic) bond motifs is 1. The fourth-order valence-corrected chi connectivity index (χ4v) is 3.23. The van der Waals surface area contributed by atoms with Crippen LogP contribution in [-0.2, 0) is 19.1 Å². The van der Waals surface area contributed by atoms with E-state index in [9.17, 15) is 19.8 Å². The highest BCUT2D eigenvalue weighted by atomic mass is 16.6. The van der Waals surface area contributed by atoms with Crippen LogP contribution in [0.1, 0.15) is 26.2 Å². The third kappa shape index (κ3) is 4.94. The zero-order valence-electron chi connectivity index (χ0n) is 15.4. The summed E-state index contributed by atoms with van der Waals surface area (Å²) in [5.74, 6) is -2.05. The fourth-order valence-electron chi connectivity index (χ4n) is 3.23. The van der Waals surface area contributed by atoms with Gasteiger partial charge < -0.3 is 24.8 Å². The number of rotatable bonds is 5. The van der Waals surface area contributed by atoms with E-state index >= 15 is 0 Å². The van der Waals surface area contributed by atoms with Gasteiger partial charge in [-0.1, -0.05) is 24.8 Å². The predicted octanol–water partition coefficient (Wildman–Crippen LogP) is 0.954. The number of hydrogen-bond donors (Lipinski definition) is 3. The summed E-state index contributed by atoms with van der Waals surface area (Å²) in [6.45, 7) is 8.32. The SMILES string of the molecule is C=C(C(=O)OC1C/C(C)=C\CC/C(CO)=C\C2OC(=O)C(=C)C21)C(O)CO. The van der Waals surface area contributed by atoms with Crippen LogP contribution in [0.2, 0.25) is 0 Å². The van der Waals surface area contributed by atoms with Gasteiger partial charge in [0.05, 0.1) is 24.7 Å². The molecular weight excluding hydrogens is 352 g/mol. The van der Waals surface area contributed by atoms with Gasteiger partial charge in [-0.15, -0.1) is 0 Å². The Labute approximate surface area is 158 Å². The smallest absolute Gasteiger partial charge is 0.336 e. The molecule has 0 amide bonds. The average molecular weight is 378 g/mol. The van der Waals surface area contributed by atoms with Crippen LogP contribution < -0.4 is 0 Å². The van der Waals surface area contributed by atoms with E-state index in [-0.39, 0.29) is 17.8 Å². The maximum atomic E-state index is 12.3. The van der Waals surface area contributed by atoms with E-state index in [0.29, 0.717) is 19.3 Å². The fraction of sp³-hybridized carbons (Fsp3) is 0.500. The second kappa shape index (κ2) is 9.12. The van der Waals surface area contributed by atoms with Crippen LogP contribution in [-0.4, -0.2) is 58.8 Å². The molecule has 1 aliphatic carbocycles. The zero-order valence-corrected chi connectivity index (χ0v) is 15.4. The maximum Gasteiger partial charge on any atom is 0.336 e. The Kier molecular flexibility index (Phi) is 7.12. The van der Waals surface area contributed by atoms with E-state index in [1.54, 1.807) is 6.08 Å². The van der Waals surface area contributed by atoms with Crippen molar-refractivity contribution in [2.75, 3.05) is 13.2 Å². The first-order valence-corrected chi connectivity index (χ1v) is 8.83. The summed E-state index contributed by atoms with van der Waals surface area (Å²) < 4.78 is 10.9. The molecule has 27 heavy (non-hydrogen) atoms. The largest absolute Gasteiger partial charge is 0.458 e. The Morgan fingerprint density at radius 3 is 2.78 bits per heavy atom. The summed E-state index contributed by atoms with van der Waals surface area (Å²) >= 11 is 0. The molecule has 7 heteroatoms. The number of ether oxygens (including phenoxy) is 2. The van der Waals surface area contributed by atoms with Crippen molar-refractivity contribution in [1.82, 2.24) is 0 Å². The Morgan fingerprint density at radius 2 is 2.15 bits per heavy atom. The molecular formula is C20H26O7. The number of esters is 2. The highest BCUT2D eigenvalue weighted by molar-refractivity contribution is 5.92. The first kappa shape index (κ1) is 21.1. The first-order chi connectivity index (χ1) is 12.8. The number of carbonyl (C=O) groups excluding carboxylic acids is 2. The highest BCUT2D eigenvalue weighted by Crippen LogP contribution is 2.36. The van der Waals surface area contributed by atoms with Gasteiger partial charge in [-0.25, -0.2) is 9.59 Å². The summed E-state index contributed by atoms with van der Waals surface area (Å²) in [5.41, 5.74) is 1.60. The van der Waals surface area contributed by atoms with E-state index in [1.807, 2.05) is 13.0 Å². The van der Waals surface area contributed by atoms with Gasteiger partial charge in [0.25, 0.3) is 0 Å². The van der Waals surface area contributed by atoms with Gasteiger partial charge in [-0.2, -0.15) is 0 Å². The lowest BCUT2D eigenvalue weighted by Crippen LogP contribution is -2.35. The number of allylic oxidation sites excluding steroid dienone is 1. The van der Waals surface area contributed by atoms with Gasteiger partial charge in [0.2, 0.25) is 0 Å². The second-order valence-corrected chi connectivity index (χ2v) is 6.86. The number of aliphatic hydroxyl groups excluding tert-OH is 3. The molecule has 1 aliphatic heterocycles. The van der Waals surface area contributed by atoms with E-state index in [2.05, 4.69) is 13.2 Å². The molecule has 0 aromatic rings. The zero-order chi connectivity index (χ0) is 20.1. The molecule has 1 heterocycles. The monoisotopic (exact) mass is 378 g/mol. The quantitative estimate of drug-likeness (QED) is 0.371. The molecule has 0 aromatic heterocycles. The molecule has 0 bridgehead atoms. The van der Waals surface area contributed by atoms with Crippen LogP contribution >= 0.6 is 0 Å². The minimum Gasteiger partial charge on any atom is -0.458 e. The van der Waals surface area contributed by atoms with E-state index < -0.39 is 42.8 Å². The van der Waals surface area contributed by atoms with Gasteiger partial charge in [-0.3, -0.25) is 0 Å². The van der Waals surface area contributed by atoms with Gasteiger partial charge in [-0.05, 0) is 31.4 Å². The highest BCUT2D eigenvalue weighted by Gasteiger charge is 2.44. The van der Waals surface area contributed by atoms with Crippen molar-refractivity contribution in [3.63, 3.8) is 0 Å². The van der Waals surface area contributed by atoms with Gasteiger partial charge in [0.1, 0.15) is 18.3 Å². The summed E-state index contributed by atoms with van der Waals surface area (Å²) in [6.07, 6.45) is 2.46. The van der Waals surface area contributed by atoms with Gasteiger partial charge in [0.15, 0.2) is 0 Å². The second-order valence-electron chi connectivity index (χ2n) is 6.86. The molecule has 4 unspecified atom stereocenters. The van der Waals surface area contributed by atoms with Crippen LogP contribution in [0.4, 0.5) is 0 Å². The molecule has 0 aromatic carbocycles. The Morgan fingerprint density at radius 1 is 1.44 bits per heavy atom. The minimum atomic E-state index is -1.42. The van der Waals surface area contributed by atoms with Crippen LogP contribution in [0, 0.1) is 5.92 Å². The summed E-state index contributed by atoms with van der Waals surface area (Å²) in [5, 5.41) is 28.2. The van der Waals surface area contributed by atoms with E-state index in [1.165, 1.54) is 0 Å². The summed E-state index contributed by atoms with van der Waals surface area (Å²) in [7, 11) is 0. The molecule has 0 saturated carbocycles. The summed E-state index contributed by atoms with van der Waals surface area (Å²) in [4.78, 5) is 24.4. The van der Waals surface area contributed by atoms with E-state index in [4.69, 9.17) is 14.6 Å². The van der Waals surface area contributed by atoms with Crippen molar-refractivity contribution in [2.24, 2.45) is 5.92 Å². The lowest BCUT2D eigenvalue weighted by Gasteiger charge is -2.28. The predicted molar refractivity (Wildman–Crippen MR) is 97.4 cm³/mol. The Hall–Kier alpha value is -2.22. The normalized spacial score (nSPS) is 30.9. The van der Waals surface area contributed by atoms with Crippen LogP contribution in [0.5, 0.6) is 0 Å². The topological polar surface area (TPSA) is 113 Å². The third-order valence-corrected chi connectivity index (χ3v) is 4.84. The Balaban J connectivity index is 2.36. The van der Waals surface area contributed by atoms with Gasteiger partial charge in [0, 0.05) is 12.0 Å². The third-order valence-electron chi connectivity index (χ3n) is 4.84. The first-order valence-electron chi connectivity index (χ1n) is 8.83. The van der Waals surface area contributed by atoms with Crippen molar-refractivity contribution in [1.29, 1.82) is 0 Å². The lowest BCUT2D eigenvalue weighted by atomic mass is 9.85. The lowest BCUT2D eigenvalue weighted by molar-refractivity contribution is -0.148. The van der Waals surface area contributed by atoms with Gasteiger partial charge >= 0.3 is 11.9 Å². The molecule has 148 valence electrons. The van der Waals surface area contributed by atoms with Crippen molar-refractivity contribution in [3.8, 4) is 0 Å². The molecule has 0 spiro atoms. The van der Waals surface area contributed by atoms with Crippen molar-refractivity contribution < 1.29 is 34.4 Å². The number of carbonyl (C=O) groups is 2. The standard InChI is InChI=1S/C20H26O7/c1-11-5-4-6-14(9-21)8-17-18(13(3)20(25)27-17)16(7-11)26-19(24)12(2)15(23)10-22/h5,8,15-18,21-23H,2-4,6-7,9-10H2,1H3/b11-5-,14-8+. The molecule has 2 aliphatic rings. The molecule has 0 radical (unpaired) electrons. The van der Waals surface area contributed by atoms with Crippen LogP contribution in [0.25, 0.3) is 0 Å². The molecule has 2 rings (SSSR count).